The Morgan fingerprint density at radius 3 is 1.57 bits per heavy atom. The molecule has 0 saturated heterocycles. The van der Waals surface area contributed by atoms with E-state index in [0.29, 0.717) is 9.52 Å². The normalized spacial score (nSPS) is 10.8. The van der Waals surface area contributed by atoms with Crippen LogP contribution in [0.4, 0.5) is 0 Å². The molecular formula is C26H21ClSi. The van der Waals surface area contributed by atoms with Crippen molar-refractivity contribution in [3.05, 3.63) is 130 Å². The fraction of sp³-hybridized carbons (Fsp3) is 0.0769. The van der Waals surface area contributed by atoms with E-state index in [4.69, 9.17) is 11.6 Å². The number of rotatable bonds is 6. The molecule has 4 aromatic rings. The van der Waals surface area contributed by atoms with Gasteiger partial charge in [-0.1, -0.05) is 114 Å². The van der Waals surface area contributed by atoms with Gasteiger partial charge in [-0.15, -0.1) is 0 Å². The Balaban J connectivity index is 1.66. The van der Waals surface area contributed by atoms with Crippen molar-refractivity contribution in [3.8, 4) is 0 Å². The maximum absolute atomic E-state index is 6.42. The lowest BCUT2D eigenvalue weighted by Crippen LogP contribution is -2.28. The summed E-state index contributed by atoms with van der Waals surface area (Å²) in [5.41, 5.74) is 5.39. The van der Waals surface area contributed by atoms with Gasteiger partial charge in [-0.05, 0) is 46.3 Å². The standard InChI is InChI=1S/C26H21ClSi/c27-25-13-7-8-14-26(25)28-24-18-22(15-20-9-3-1-4-10-20)17-23(19-24)16-21-11-5-2-6-12-21/h1-14,17-19H,15-16H2. The summed E-state index contributed by atoms with van der Waals surface area (Å²) >= 11 is 6.42. The topological polar surface area (TPSA) is 0 Å². The molecule has 0 unspecified atom stereocenters. The lowest BCUT2D eigenvalue weighted by Gasteiger charge is -2.11. The first kappa shape index (κ1) is 18.7. The van der Waals surface area contributed by atoms with Crippen LogP contribution in [0.1, 0.15) is 22.3 Å². The third kappa shape index (κ3) is 5.01. The molecule has 2 heteroatoms. The van der Waals surface area contributed by atoms with Gasteiger partial charge in [0.1, 0.15) is 9.52 Å². The van der Waals surface area contributed by atoms with Crippen molar-refractivity contribution in [2.24, 2.45) is 0 Å². The summed E-state index contributed by atoms with van der Waals surface area (Å²) in [4.78, 5) is 0. The van der Waals surface area contributed by atoms with E-state index >= 15 is 0 Å². The molecule has 0 spiro atoms. The van der Waals surface area contributed by atoms with Crippen molar-refractivity contribution < 1.29 is 0 Å². The van der Waals surface area contributed by atoms with Gasteiger partial charge in [0, 0.05) is 5.02 Å². The van der Waals surface area contributed by atoms with Gasteiger partial charge in [0.2, 0.25) is 0 Å². The molecule has 0 saturated carbocycles. The van der Waals surface area contributed by atoms with Gasteiger partial charge in [0.15, 0.2) is 0 Å². The largest absolute Gasteiger partial charge is 0.123 e. The van der Waals surface area contributed by atoms with Crippen molar-refractivity contribution in [2.75, 3.05) is 0 Å². The first-order valence-corrected chi connectivity index (χ1v) is 10.9. The molecule has 0 nitrogen and oxygen atoms in total. The summed E-state index contributed by atoms with van der Waals surface area (Å²) in [6.07, 6.45) is 1.90. The van der Waals surface area contributed by atoms with Gasteiger partial charge in [-0.25, -0.2) is 0 Å². The molecule has 2 radical (unpaired) electrons. The van der Waals surface area contributed by atoms with Gasteiger partial charge < -0.3 is 0 Å². The molecule has 4 aromatic carbocycles. The van der Waals surface area contributed by atoms with Crippen LogP contribution in [0.5, 0.6) is 0 Å². The van der Waals surface area contributed by atoms with Gasteiger partial charge >= 0.3 is 0 Å². The number of benzene rings is 4. The minimum atomic E-state index is 0.558. The molecule has 0 aliphatic rings. The monoisotopic (exact) mass is 396 g/mol. The molecule has 0 bridgehead atoms. The highest BCUT2D eigenvalue weighted by molar-refractivity contribution is 6.70. The van der Waals surface area contributed by atoms with Crippen molar-refractivity contribution in [2.45, 2.75) is 12.8 Å². The van der Waals surface area contributed by atoms with E-state index in [-0.39, 0.29) is 0 Å². The molecule has 0 amide bonds. The molecule has 0 N–H and O–H groups in total. The zero-order valence-corrected chi connectivity index (χ0v) is 17.4. The second-order valence-electron chi connectivity index (χ2n) is 6.97. The Morgan fingerprint density at radius 2 is 1.04 bits per heavy atom. The van der Waals surface area contributed by atoms with Crippen LogP contribution in [0.25, 0.3) is 0 Å². The van der Waals surface area contributed by atoms with E-state index < -0.39 is 0 Å². The van der Waals surface area contributed by atoms with Crippen LogP contribution >= 0.6 is 11.6 Å². The third-order valence-electron chi connectivity index (χ3n) is 4.71. The maximum atomic E-state index is 6.42. The molecule has 28 heavy (non-hydrogen) atoms. The first-order valence-electron chi connectivity index (χ1n) is 9.48. The Labute approximate surface area is 174 Å². The van der Waals surface area contributed by atoms with Crippen LogP contribution in [-0.4, -0.2) is 9.52 Å². The van der Waals surface area contributed by atoms with Gasteiger partial charge in [0.05, 0.1) is 0 Å². The van der Waals surface area contributed by atoms with E-state index in [0.717, 1.165) is 17.9 Å². The van der Waals surface area contributed by atoms with Crippen LogP contribution in [0.15, 0.2) is 103 Å². The summed E-state index contributed by atoms with van der Waals surface area (Å²) in [6, 6.07) is 36.5. The molecule has 4 rings (SSSR count). The van der Waals surface area contributed by atoms with Gasteiger partial charge in [-0.3, -0.25) is 0 Å². The Morgan fingerprint density at radius 1 is 0.536 bits per heavy atom. The zero-order chi connectivity index (χ0) is 19.2. The summed E-state index contributed by atoms with van der Waals surface area (Å²) in [5.74, 6) is 0. The highest BCUT2D eigenvalue weighted by atomic mass is 35.5. The van der Waals surface area contributed by atoms with E-state index in [2.05, 4.69) is 91.0 Å². The highest BCUT2D eigenvalue weighted by Gasteiger charge is 2.08. The van der Waals surface area contributed by atoms with Crippen molar-refractivity contribution in [1.29, 1.82) is 0 Å². The predicted molar refractivity (Wildman–Crippen MR) is 121 cm³/mol. The first-order chi connectivity index (χ1) is 13.8. The Bertz CT molecular complexity index is 982. The fourth-order valence-corrected chi connectivity index (χ4v) is 4.91. The highest BCUT2D eigenvalue weighted by Crippen LogP contribution is 2.14. The minimum Gasteiger partial charge on any atom is -0.0845 e. The molecule has 136 valence electrons. The molecule has 0 aliphatic heterocycles. The van der Waals surface area contributed by atoms with Crippen LogP contribution in [0, 0.1) is 0 Å². The average Bonchev–Trinajstić information content (AvgIpc) is 2.71. The lowest BCUT2D eigenvalue weighted by molar-refractivity contribution is 1.14. The predicted octanol–water partition coefficient (Wildman–Crippen LogP) is 5.18. The van der Waals surface area contributed by atoms with Crippen LogP contribution in [0.2, 0.25) is 5.02 Å². The maximum Gasteiger partial charge on any atom is 0.123 e. The van der Waals surface area contributed by atoms with E-state index in [1.807, 2.05) is 12.1 Å². The quantitative estimate of drug-likeness (QED) is 0.394. The summed E-state index contributed by atoms with van der Waals surface area (Å²) in [5, 5.41) is 3.39. The number of halogens is 1. The minimum absolute atomic E-state index is 0.558. The Hall–Kier alpha value is -2.61. The lowest BCUT2D eigenvalue weighted by atomic mass is 9.99. The van der Waals surface area contributed by atoms with E-state index in [1.165, 1.54) is 32.6 Å². The Kier molecular flexibility index (Phi) is 6.06. The van der Waals surface area contributed by atoms with Crippen molar-refractivity contribution >= 4 is 31.5 Å². The SMILES string of the molecule is Clc1ccccc1[Si]c1cc(Cc2ccccc2)cc(Cc2ccccc2)c1. The van der Waals surface area contributed by atoms with Crippen molar-refractivity contribution in [3.63, 3.8) is 0 Å². The molecule has 0 aliphatic carbocycles. The van der Waals surface area contributed by atoms with Gasteiger partial charge in [-0.2, -0.15) is 0 Å². The summed E-state index contributed by atoms with van der Waals surface area (Å²) < 4.78 is 0. The zero-order valence-electron chi connectivity index (χ0n) is 15.6. The second kappa shape index (κ2) is 9.05. The summed E-state index contributed by atoms with van der Waals surface area (Å²) in [6.45, 7) is 0. The van der Waals surface area contributed by atoms with E-state index in [1.54, 1.807) is 0 Å². The molecule has 0 atom stereocenters. The van der Waals surface area contributed by atoms with Crippen LogP contribution in [-0.2, 0) is 12.8 Å². The molecule has 0 heterocycles. The average molecular weight is 397 g/mol. The second-order valence-corrected chi connectivity index (χ2v) is 8.74. The molecular weight excluding hydrogens is 376 g/mol. The third-order valence-corrected chi connectivity index (χ3v) is 6.48. The number of hydrogen-bond acceptors (Lipinski definition) is 0. The van der Waals surface area contributed by atoms with Crippen molar-refractivity contribution in [1.82, 2.24) is 0 Å². The fourth-order valence-electron chi connectivity index (χ4n) is 3.42. The molecule has 0 fully saturated rings. The van der Waals surface area contributed by atoms with Gasteiger partial charge in [0.25, 0.3) is 0 Å². The molecule has 0 aromatic heterocycles. The van der Waals surface area contributed by atoms with E-state index in [9.17, 15) is 0 Å². The summed E-state index contributed by atoms with van der Waals surface area (Å²) in [7, 11) is 0.558. The number of hydrogen-bond donors (Lipinski definition) is 0. The van der Waals surface area contributed by atoms with Crippen LogP contribution < -0.4 is 10.4 Å². The van der Waals surface area contributed by atoms with Crippen LogP contribution in [0.3, 0.4) is 0 Å². The smallest absolute Gasteiger partial charge is 0.0845 e.